The fourth-order valence-electron chi connectivity index (χ4n) is 2.32. The van der Waals surface area contributed by atoms with Crippen molar-refractivity contribution in [2.75, 3.05) is 24.4 Å². The van der Waals surface area contributed by atoms with Gasteiger partial charge in [-0.3, -0.25) is 4.79 Å². The summed E-state index contributed by atoms with van der Waals surface area (Å²) in [5, 5.41) is 0. The molecule has 104 valence electrons. The zero-order valence-electron chi connectivity index (χ0n) is 12.6. The molecule has 1 rings (SSSR count). The van der Waals surface area contributed by atoms with E-state index in [1.807, 2.05) is 0 Å². The Morgan fingerprint density at radius 1 is 1.39 bits per heavy atom. The Kier molecular flexibility index (Phi) is 5.32. The highest BCUT2D eigenvalue weighted by Crippen LogP contribution is 2.59. The zero-order chi connectivity index (χ0) is 13.9. The lowest BCUT2D eigenvalue weighted by Crippen LogP contribution is -2.18. The predicted octanol–water partition coefficient (Wildman–Crippen LogP) is 3.04. The van der Waals surface area contributed by atoms with Crippen molar-refractivity contribution >= 4 is 16.9 Å². The average Bonchev–Trinajstić information content (AvgIpc) is 2.79. The van der Waals surface area contributed by atoms with Gasteiger partial charge in [0.05, 0.1) is 12.2 Å². The molecule has 2 nitrogen and oxygen atoms in total. The van der Waals surface area contributed by atoms with E-state index in [0.717, 1.165) is 5.75 Å². The van der Waals surface area contributed by atoms with Crippen molar-refractivity contribution in [2.24, 2.45) is 17.3 Å². The van der Waals surface area contributed by atoms with Crippen LogP contribution in [-0.4, -0.2) is 30.3 Å². The van der Waals surface area contributed by atoms with Gasteiger partial charge >= 0.3 is 5.97 Å². The highest BCUT2D eigenvalue weighted by Gasteiger charge is 2.61. The molecule has 1 aliphatic carbocycles. The molecule has 0 heterocycles. The molecule has 1 unspecified atom stereocenters. The summed E-state index contributed by atoms with van der Waals surface area (Å²) in [6, 6.07) is 0. The summed E-state index contributed by atoms with van der Waals surface area (Å²) in [6.45, 7) is 11.2. The maximum absolute atomic E-state index is 12.0. The summed E-state index contributed by atoms with van der Waals surface area (Å²) in [5.41, 5.74) is 1.36. The van der Waals surface area contributed by atoms with Crippen molar-refractivity contribution in [3.8, 4) is 0 Å². The molecule has 1 aliphatic rings. The second-order valence-corrected chi connectivity index (χ2v) is 8.56. The molecule has 18 heavy (non-hydrogen) atoms. The summed E-state index contributed by atoms with van der Waals surface area (Å²) in [6.07, 6.45) is 4.43. The number of allylic oxidation sites excluding steroid dienone is 2. The highest BCUT2D eigenvalue weighted by atomic mass is 32.2. The minimum absolute atomic E-state index is 0.00407. The van der Waals surface area contributed by atoms with Crippen molar-refractivity contribution in [1.82, 2.24) is 0 Å². The van der Waals surface area contributed by atoms with E-state index in [9.17, 15) is 4.79 Å². The van der Waals surface area contributed by atoms with Gasteiger partial charge in [0.2, 0.25) is 0 Å². The normalized spacial score (nSPS) is 26.3. The minimum atomic E-state index is -0.00407. The van der Waals surface area contributed by atoms with E-state index < -0.39 is 0 Å². The second kappa shape index (κ2) is 6.14. The summed E-state index contributed by atoms with van der Waals surface area (Å²) in [4.78, 5) is 12.0. The lowest BCUT2D eigenvalue weighted by molar-refractivity contribution is -0.145. The number of hydrogen-bond donors (Lipinski definition) is 0. The fraction of sp³-hybridized carbons (Fsp3) is 0.800. The molecule has 1 saturated carbocycles. The smallest absolute Gasteiger partial charge is 0.310 e. The Hall–Kier alpha value is -0.440. The number of esters is 1. The Morgan fingerprint density at radius 2 is 2.00 bits per heavy atom. The lowest BCUT2D eigenvalue weighted by atomic mass is 10.1. The molecular weight excluding hydrogens is 244 g/mol. The molecule has 0 aromatic rings. The van der Waals surface area contributed by atoms with Crippen LogP contribution in [0.15, 0.2) is 11.6 Å². The van der Waals surface area contributed by atoms with E-state index in [2.05, 4.69) is 47.0 Å². The van der Waals surface area contributed by atoms with Crippen molar-refractivity contribution < 1.29 is 9.53 Å². The van der Waals surface area contributed by atoms with Gasteiger partial charge in [0, 0.05) is 0 Å². The molecule has 3 atom stereocenters. The first kappa shape index (κ1) is 15.6. The molecule has 0 aliphatic heterocycles. The van der Waals surface area contributed by atoms with Crippen LogP contribution >= 0.6 is 0 Å². The van der Waals surface area contributed by atoms with Crippen LogP contribution in [0.5, 0.6) is 0 Å². The number of ether oxygens (including phenoxy) is 1. The fourth-order valence-corrected chi connectivity index (χ4v) is 2.97. The van der Waals surface area contributed by atoms with Crippen molar-refractivity contribution in [2.45, 2.75) is 34.6 Å². The summed E-state index contributed by atoms with van der Waals surface area (Å²) < 4.78 is 5.42. The molecule has 0 amide bonds. The van der Waals surface area contributed by atoms with Crippen LogP contribution in [0.3, 0.4) is 0 Å². The van der Waals surface area contributed by atoms with Gasteiger partial charge in [0.15, 0.2) is 0 Å². The van der Waals surface area contributed by atoms with Crippen LogP contribution in [0.1, 0.15) is 34.6 Å². The molecule has 0 aromatic carbocycles. The Labute approximate surface area is 115 Å². The van der Waals surface area contributed by atoms with Crippen LogP contribution in [0.25, 0.3) is 0 Å². The number of carbonyl (C=O) groups is 1. The molecule has 0 saturated heterocycles. The molecule has 1 fully saturated rings. The third-order valence-corrected chi connectivity index (χ3v) is 5.70. The van der Waals surface area contributed by atoms with Crippen molar-refractivity contribution in [1.29, 1.82) is 0 Å². The molecule has 0 bridgehead atoms. The van der Waals surface area contributed by atoms with E-state index in [1.165, 1.54) is 11.3 Å². The van der Waals surface area contributed by atoms with Crippen LogP contribution in [0.2, 0.25) is 0 Å². The number of carbonyl (C=O) groups excluding carboxylic acids is 1. The summed E-state index contributed by atoms with van der Waals surface area (Å²) in [5.74, 6) is 2.60. The lowest BCUT2D eigenvalue weighted by Gasteiger charge is -2.05. The standard InChI is InChI=1S/C15H27O2S/c1-7-18(6)9-8-17-14(16)13-12(10-11(2)3)15(13,4)5/h10,12-13H,7-9H2,1-6H3/q+1/t12-,13+,18?/m0/s1. The van der Waals surface area contributed by atoms with Gasteiger partial charge in [-0.05, 0) is 43.0 Å². The second-order valence-electron chi connectivity index (χ2n) is 6.01. The van der Waals surface area contributed by atoms with Gasteiger partial charge in [0.25, 0.3) is 0 Å². The van der Waals surface area contributed by atoms with Crippen molar-refractivity contribution in [3.05, 3.63) is 11.6 Å². The summed E-state index contributed by atoms with van der Waals surface area (Å²) in [7, 11) is 0.388. The van der Waals surface area contributed by atoms with Crippen LogP contribution in [0, 0.1) is 17.3 Å². The maximum atomic E-state index is 12.0. The zero-order valence-corrected chi connectivity index (χ0v) is 13.4. The van der Waals surface area contributed by atoms with E-state index in [4.69, 9.17) is 4.74 Å². The molecular formula is C15H27O2S+. The quantitative estimate of drug-likeness (QED) is 0.422. The third kappa shape index (κ3) is 3.78. The molecule has 0 radical (unpaired) electrons. The highest BCUT2D eigenvalue weighted by molar-refractivity contribution is 7.96. The first-order chi connectivity index (χ1) is 8.30. The topological polar surface area (TPSA) is 26.3 Å². The van der Waals surface area contributed by atoms with E-state index in [-0.39, 0.29) is 17.3 Å². The SMILES string of the molecule is CC[S+](C)CCOC(=O)[C@H]1[C@H](C=C(C)C)C1(C)C. The Bertz CT molecular complexity index is 329. The first-order valence-corrected chi connectivity index (χ1v) is 8.68. The summed E-state index contributed by atoms with van der Waals surface area (Å²) >= 11 is 0. The minimum Gasteiger partial charge on any atom is -0.460 e. The van der Waals surface area contributed by atoms with Crippen LogP contribution < -0.4 is 0 Å². The first-order valence-electron chi connectivity index (χ1n) is 6.71. The maximum Gasteiger partial charge on any atom is 0.310 e. The van der Waals surface area contributed by atoms with E-state index in [1.54, 1.807) is 0 Å². The van der Waals surface area contributed by atoms with Gasteiger partial charge in [-0.2, -0.15) is 0 Å². The van der Waals surface area contributed by atoms with E-state index >= 15 is 0 Å². The van der Waals surface area contributed by atoms with Gasteiger partial charge < -0.3 is 4.74 Å². The molecule has 0 aromatic heterocycles. The van der Waals surface area contributed by atoms with Crippen LogP contribution in [0.4, 0.5) is 0 Å². The predicted molar refractivity (Wildman–Crippen MR) is 79.8 cm³/mol. The Morgan fingerprint density at radius 3 is 2.50 bits per heavy atom. The van der Waals surface area contributed by atoms with E-state index in [0.29, 0.717) is 23.4 Å². The van der Waals surface area contributed by atoms with Gasteiger partial charge in [0.1, 0.15) is 18.1 Å². The largest absolute Gasteiger partial charge is 0.460 e. The van der Waals surface area contributed by atoms with Gasteiger partial charge in [-0.15, -0.1) is 0 Å². The van der Waals surface area contributed by atoms with Gasteiger partial charge in [-0.1, -0.05) is 25.5 Å². The number of hydrogen-bond acceptors (Lipinski definition) is 2. The number of rotatable bonds is 6. The molecule has 0 N–H and O–H groups in total. The van der Waals surface area contributed by atoms with Gasteiger partial charge in [-0.25, -0.2) is 0 Å². The molecule has 3 heteroatoms. The average molecular weight is 271 g/mol. The Balaban J connectivity index is 2.42. The third-order valence-electron chi connectivity index (χ3n) is 3.85. The van der Waals surface area contributed by atoms with Crippen molar-refractivity contribution in [3.63, 3.8) is 0 Å². The van der Waals surface area contributed by atoms with Crippen LogP contribution in [-0.2, 0) is 20.4 Å². The molecule has 0 spiro atoms. The monoisotopic (exact) mass is 271 g/mol.